The Morgan fingerprint density at radius 3 is 2.00 bits per heavy atom. The van der Waals surface area contributed by atoms with E-state index in [2.05, 4.69) is 0 Å². The lowest BCUT2D eigenvalue weighted by Gasteiger charge is -2.27. The van der Waals surface area contributed by atoms with E-state index < -0.39 is 14.3 Å². The fourth-order valence-corrected chi connectivity index (χ4v) is 4.07. The first-order chi connectivity index (χ1) is 7.90. The number of carboxylic acid groups (broad SMARTS) is 1. The zero-order valence-corrected chi connectivity index (χ0v) is 12.1. The van der Waals surface area contributed by atoms with Gasteiger partial charge in [-0.25, -0.2) is 4.79 Å². The van der Waals surface area contributed by atoms with Crippen molar-refractivity contribution in [2.45, 2.75) is 52.2 Å². The SMILES string of the molecule is CC[Si](CC)(CC)OC(=O)CC=C(C)C(=O)O. The lowest BCUT2D eigenvalue weighted by Crippen LogP contribution is -2.38. The number of carboxylic acids is 1. The predicted octanol–water partition coefficient (Wildman–Crippen LogP) is 2.96. The molecule has 1 N–H and O–H groups in total. The van der Waals surface area contributed by atoms with Gasteiger partial charge in [0.05, 0.1) is 6.42 Å². The van der Waals surface area contributed by atoms with Gasteiger partial charge in [0.15, 0.2) is 0 Å². The third-order valence-electron chi connectivity index (χ3n) is 3.18. The Kier molecular flexibility index (Phi) is 6.80. The van der Waals surface area contributed by atoms with Gasteiger partial charge in [-0.2, -0.15) is 0 Å². The molecule has 0 spiro atoms. The van der Waals surface area contributed by atoms with Crippen LogP contribution in [-0.4, -0.2) is 25.4 Å². The smallest absolute Gasteiger partial charge is 0.330 e. The number of hydrogen-bond acceptors (Lipinski definition) is 3. The molecule has 5 heteroatoms. The van der Waals surface area contributed by atoms with Crippen molar-refractivity contribution in [3.63, 3.8) is 0 Å². The normalized spacial score (nSPS) is 12.4. The molecule has 0 unspecified atom stereocenters. The van der Waals surface area contributed by atoms with Crippen LogP contribution in [0.5, 0.6) is 0 Å². The minimum absolute atomic E-state index is 0.0485. The van der Waals surface area contributed by atoms with Crippen LogP contribution in [0, 0.1) is 0 Å². The first-order valence-electron chi connectivity index (χ1n) is 6.02. The topological polar surface area (TPSA) is 63.6 Å². The van der Waals surface area contributed by atoms with E-state index in [4.69, 9.17) is 9.53 Å². The molecule has 0 bridgehead atoms. The van der Waals surface area contributed by atoms with Crippen LogP contribution in [0.2, 0.25) is 18.1 Å². The molecule has 0 saturated carbocycles. The van der Waals surface area contributed by atoms with Crippen molar-refractivity contribution in [3.05, 3.63) is 11.6 Å². The highest BCUT2D eigenvalue weighted by Crippen LogP contribution is 2.22. The zero-order chi connectivity index (χ0) is 13.5. The second kappa shape index (κ2) is 7.27. The monoisotopic (exact) mass is 258 g/mol. The molecule has 0 fully saturated rings. The minimum Gasteiger partial charge on any atom is -0.519 e. The summed E-state index contributed by atoms with van der Waals surface area (Å²) in [5.74, 6) is -1.30. The van der Waals surface area contributed by atoms with E-state index in [-0.39, 0.29) is 18.0 Å². The summed E-state index contributed by atoms with van der Waals surface area (Å²) in [7, 11) is -1.91. The average Bonchev–Trinajstić information content (AvgIpc) is 2.33. The van der Waals surface area contributed by atoms with Crippen molar-refractivity contribution in [1.82, 2.24) is 0 Å². The predicted molar refractivity (Wildman–Crippen MR) is 69.3 cm³/mol. The van der Waals surface area contributed by atoms with E-state index in [1.165, 1.54) is 13.0 Å². The number of carbonyl (C=O) groups excluding carboxylic acids is 1. The Morgan fingerprint density at radius 1 is 1.18 bits per heavy atom. The molecule has 0 aromatic heterocycles. The van der Waals surface area contributed by atoms with Crippen LogP contribution in [0.1, 0.15) is 34.1 Å². The van der Waals surface area contributed by atoms with E-state index in [1.54, 1.807) is 0 Å². The molecule has 0 radical (unpaired) electrons. The maximum atomic E-state index is 11.6. The van der Waals surface area contributed by atoms with Crippen LogP contribution in [0.3, 0.4) is 0 Å². The van der Waals surface area contributed by atoms with E-state index in [1.807, 2.05) is 20.8 Å². The minimum atomic E-state index is -1.91. The number of rotatable bonds is 7. The summed E-state index contributed by atoms with van der Waals surface area (Å²) in [5, 5.41) is 8.65. The lowest BCUT2D eigenvalue weighted by molar-refractivity contribution is -0.134. The van der Waals surface area contributed by atoms with Gasteiger partial charge in [-0.05, 0) is 25.1 Å². The Hall–Kier alpha value is -1.10. The highest BCUT2D eigenvalue weighted by Gasteiger charge is 2.32. The Morgan fingerprint density at radius 2 is 1.65 bits per heavy atom. The summed E-state index contributed by atoms with van der Waals surface area (Å²) in [5.41, 5.74) is 0.179. The Labute approximate surface area is 104 Å². The maximum absolute atomic E-state index is 11.6. The second-order valence-corrected chi connectivity index (χ2v) is 8.81. The molecule has 0 aromatic rings. The molecule has 0 heterocycles. The summed E-state index contributed by atoms with van der Waals surface area (Å²) in [6.45, 7) is 7.61. The van der Waals surface area contributed by atoms with Crippen molar-refractivity contribution in [2.75, 3.05) is 0 Å². The summed E-state index contributed by atoms with van der Waals surface area (Å²) in [6, 6.07) is 2.73. The van der Waals surface area contributed by atoms with E-state index >= 15 is 0 Å². The van der Waals surface area contributed by atoms with Crippen molar-refractivity contribution in [2.24, 2.45) is 0 Å². The molecule has 0 saturated heterocycles. The van der Waals surface area contributed by atoms with Gasteiger partial charge < -0.3 is 9.53 Å². The lowest BCUT2D eigenvalue weighted by atomic mass is 10.2. The van der Waals surface area contributed by atoms with Crippen molar-refractivity contribution in [3.8, 4) is 0 Å². The van der Waals surface area contributed by atoms with Gasteiger partial charge in [-0.3, -0.25) is 4.79 Å². The average molecular weight is 258 g/mol. The Bertz CT molecular complexity index is 297. The molecular weight excluding hydrogens is 236 g/mol. The first-order valence-corrected chi connectivity index (χ1v) is 8.55. The molecule has 0 aliphatic heterocycles. The van der Waals surface area contributed by atoms with Gasteiger partial charge in [0.2, 0.25) is 0 Å². The van der Waals surface area contributed by atoms with Crippen LogP contribution < -0.4 is 0 Å². The van der Waals surface area contributed by atoms with Gasteiger partial charge in [0.25, 0.3) is 14.3 Å². The quantitative estimate of drug-likeness (QED) is 0.563. The third-order valence-corrected chi connectivity index (χ3v) is 7.70. The molecular formula is C12H22O4Si. The van der Waals surface area contributed by atoms with Crippen LogP contribution >= 0.6 is 0 Å². The van der Waals surface area contributed by atoms with Gasteiger partial charge in [0, 0.05) is 5.57 Å². The van der Waals surface area contributed by atoms with Crippen LogP contribution in [0.15, 0.2) is 11.6 Å². The molecule has 4 nitrogen and oxygen atoms in total. The molecule has 17 heavy (non-hydrogen) atoms. The molecule has 0 aromatic carbocycles. The van der Waals surface area contributed by atoms with Crippen LogP contribution in [0.25, 0.3) is 0 Å². The molecule has 0 rings (SSSR count). The summed E-state index contributed by atoms with van der Waals surface area (Å²) in [4.78, 5) is 22.2. The Balaban J connectivity index is 4.45. The van der Waals surface area contributed by atoms with Crippen LogP contribution in [0.4, 0.5) is 0 Å². The summed E-state index contributed by atoms with van der Waals surface area (Å²) in [6.07, 6.45) is 1.46. The van der Waals surface area contributed by atoms with E-state index in [0.717, 1.165) is 18.1 Å². The number of carbonyl (C=O) groups is 2. The third kappa shape index (κ3) is 5.17. The highest BCUT2D eigenvalue weighted by atomic mass is 28.4. The molecule has 98 valence electrons. The summed E-state index contributed by atoms with van der Waals surface area (Å²) >= 11 is 0. The van der Waals surface area contributed by atoms with Gasteiger partial charge in [0.1, 0.15) is 0 Å². The summed E-state index contributed by atoms with van der Waals surface area (Å²) < 4.78 is 5.58. The highest BCUT2D eigenvalue weighted by molar-refractivity contribution is 6.74. The fourth-order valence-electron chi connectivity index (χ4n) is 1.57. The zero-order valence-electron chi connectivity index (χ0n) is 11.1. The van der Waals surface area contributed by atoms with E-state index in [0.29, 0.717) is 0 Å². The number of hydrogen-bond donors (Lipinski definition) is 1. The van der Waals surface area contributed by atoms with Crippen LogP contribution in [-0.2, 0) is 14.0 Å². The van der Waals surface area contributed by atoms with Gasteiger partial charge in [-0.1, -0.05) is 26.8 Å². The first kappa shape index (κ1) is 15.9. The van der Waals surface area contributed by atoms with Crippen molar-refractivity contribution < 1.29 is 19.1 Å². The van der Waals surface area contributed by atoms with E-state index in [9.17, 15) is 9.59 Å². The largest absolute Gasteiger partial charge is 0.519 e. The van der Waals surface area contributed by atoms with Gasteiger partial charge >= 0.3 is 5.97 Å². The van der Waals surface area contributed by atoms with Crippen molar-refractivity contribution >= 4 is 20.3 Å². The van der Waals surface area contributed by atoms with Gasteiger partial charge in [-0.15, -0.1) is 0 Å². The second-order valence-electron chi connectivity index (χ2n) is 4.11. The molecule has 0 amide bonds. The van der Waals surface area contributed by atoms with Crippen molar-refractivity contribution in [1.29, 1.82) is 0 Å². The number of aliphatic carboxylic acids is 1. The molecule has 0 aliphatic carbocycles. The fraction of sp³-hybridized carbons (Fsp3) is 0.667. The standard InChI is InChI=1S/C12H22O4Si/c1-5-17(6-2,7-3)16-11(13)9-8-10(4)12(14)15/h8H,5-7,9H2,1-4H3,(H,14,15). The molecule has 0 atom stereocenters. The molecule has 0 aliphatic rings. The maximum Gasteiger partial charge on any atom is 0.330 e.